The Morgan fingerprint density at radius 3 is 2.56 bits per heavy atom. The zero-order chi connectivity index (χ0) is 13.2. The minimum Gasteiger partial charge on any atom is -0.384 e. The van der Waals surface area contributed by atoms with Gasteiger partial charge in [-0.15, -0.1) is 0 Å². The van der Waals surface area contributed by atoms with E-state index >= 15 is 0 Å². The molecular weight excluding hydrogens is 224 g/mol. The largest absolute Gasteiger partial charge is 0.384 e. The number of nitrogens with one attached hydrogen (secondary N) is 1. The second kappa shape index (κ2) is 9.76. The minimum atomic E-state index is 0.797. The normalized spacial score (nSPS) is 18.7. The molecule has 1 rings (SSSR count). The van der Waals surface area contributed by atoms with Crippen molar-refractivity contribution >= 4 is 0 Å². The number of hydrogen-bond acceptors (Lipinski definition) is 3. The van der Waals surface area contributed by atoms with Gasteiger partial charge in [0.05, 0.1) is 0 Å². The summed E-state index contributed by atoms with van der Waals surface area (Å²) in [7, 11) is 1.81. The van der Waals surface area contributed by atoms with E-state index in [0.717, 1.165) is 25.0 Å². The van der Waals surface area contributed by atoms with E-state index in [1.807, 2.05) is 7.11 Å². The summed E-state index contributed by atoms with van der Waals surface area (Å²) < 4.78 is 5.23. The van der Waals surface area contributed by atoms with Crippen LogP contribution in [0.2, 0.25) is 0 Å². The summed E-state index contributed by atoms with van der Waals surface area (Å²) in [6, 6.07) is 0. The third kappa shape index (κ3) is 7.34. The second-order valence-electron chi connectivity index (χ2n) is 6.03. The standard InChI is InChI=1S/C15H32N2O/c1-14(2)5-4-8-16-9-12-17-10-6-15(7-11-17)13-18-3/h14-16H,4-13H2,1-3H3. The van der Waals surface area contributed by atoms with Gasteiger partial charge in [0.25, 0.3) is 0 Å². The van der Waals surface area contributed by atoms with Crippen LogP contribution < -0.4 is 5.32 Å². The number of ether oxygens (including phenoxy) is 1. The van der Waals surface area contributed by atoms with Crippen LogP contribution >= 0.6 is 0 Å². The van der Waals surface area contributed by atoms with Gasteiger partial charge in [-0.25, -0.2) is 0 Å². The Hall–Kier alpha value is -0.120. The monoisotopic (exact) mass is 256 g/mol. The molecule has 1 aliphatic heterocycles. The van der Waals surface area contributed by atoms with Crippen molar-refractivity contribution in [1.82, 2.24) is 10.2 Å². The van der Waals surface area contributed by atoms with Crippen LogP contribution in [-0.2, 0) is 4.74 Å². The lowest BCUT2D eigenvalue weighted by molar-refractivity contribution is 0.0999. The fourth-order valence-corrected chi connectivity index (χ4v) is 2.61. The highest BCUT2D eigenvalue weighted by Crippen LogP contribution is 2.16. The van der Waals surface area contributed by atoms with Gasteiger partial charge in [0.2, 0.25) is 0 Å². The number of piperidine rings is 1. The molecule has 3 nitrogen and oxygen atoms in total. The molecule has 0 radical (unpaired) electrons. The van der Waals surface area contributed by atoms with Gasteiger partial charge in [0.1, 0.15) is 0 Å². The van der Waals surface area contributed by atoms with Crippen molar-refractivity contribution in [3.8, 4) is 0 Å². The fraction of sp³-hybridized carbons (Fsp3) is 1.00. The van der Waals surface area contributed by atoms with Crippen molar-refractivity contribution in [3.05, 3.63) is 0 Å². The first-order chi connectivity index (χ1) is 8.72. The van der Waals surface area contributed by atoms with E-state index in [2.05, 4.69) is 24.1 Å². The third-order valence-electron chi connectivity index (χ3n) is 3.85. The van der Waals surface area contributed by atoms with Crippen LogP contribution in [0.1, 0.15) is 39.5 Å². The zero-order valence-corrected chi connectivity index (χ0v) is 12.6. The zero-order valence-electron chi connectivity index (χ0n) is 12.6. The molecule has 0 saturated carbocycles. The molecule has 0 bridgehead atoms. The van der Waals surface area contributed by atoms with Crippen LogP contribution in [0.3, 0.4) is 0 Å². The van der Waals surface area contributed by atoms with Crippen LogP contribution in [0, 0.1) is 11.8 Å². The van der Waals surface area contributed by atoms with E-state index in [9.17, 15) is 0 Å². The van der Waals surface area contributed by atoms with Crippen molar-refractivity contribution in [2.45, 2.75) is 39.5 Å². The Balaban J connectivity index is 1.91. The summed E-state index contributed by atoms with van der Waals surface area (Å²) in [6.45, 7) is 11.6. The van der Waals surface area contributed by atoms with Gasteiger partial charge in [-0.1, -0.05) is 13.8 Å². The topological polar surface area (TPSA) is 24.5 Å². The first kappa shape index (κ1) is 15.9. The van der Waals surface area contributed by atoms with Crippen molar-refractivity contribution in [2.24, 2.45) is 11.8 Å². The van der Waals surface area contributed by atoms with E-state index in [4.69, 9.17) is 4.74 Å². The summed E-state index contributed by atoms with van der Waals surface area (Å²) >= 11 is 0. The highest BCUT2D eigenvalue weighted by molar-refractivity contribution is 4.72. The number of methoxy groups -OCH3 is 1. The van der Waals surface area contributed by atoms with Gasteiger partial charge in [0.15, 0.2) is 0 Å². The average molecular weight is 256 g/mol. The molecule has 0 unspecified atom stereocenters. The average Bonchev–Trinajstić information content (AvgIpc) is 2.35. The molecule has 1 fully saturated rings. The number of likely N-dealkylation sites (tertiary alicyclic amines) is 1. The van der Waals surface area contributed by atoms with Crippen molar-refractivity contribution in [1.29, 1.82) is 0 Å². The van der Waals surface area contributed by atoms with Gasteiger partial charge in [-0.3, -0.25) is 0 Å². The number of nitrogens with zero attached hydrogens (tertiary/aromatic N) is 1. The quantitative estimate of drug-likeness (QED) is 0.641. The van der Waals surface area contributed by atoms with Crippen molar-refractivity contribution < 1.29 is 4.74 Å². The first-order valence-electron chi connectivity index (χ1n) is 7.64. The maximum atomic E-state index is 5.23. The molecule has 18 heavy (non-hydrogen) atoms. The lowest BCUT2D eigenvalue weighted by atomic mass is 9.98. The molecule has 3 heteroatoms. The van der Waals surface area contributed by atoms with Gasteiger partial charge >= 0.3 is 0 Å². The molecule has 1 aliphatic rings. The van der Waals surface area contributed by atoms with Crippen molar-refractivity contribution in [2.75, 3.05) is 46.4 Å². The molecule has 1 N–H and O–H groups in total. The molecule has 0 aromatic carbocycles. The molecule has 0 aromatic heterocycles. The van der Waals surface area contributed by atoms with Crippen LogP contribution in [-0.4, -0.2) is 51.3 Å². The molecule has 1 saturated heterocycles. The van der Waals surface area contributed by atoms with Crippen LogP contribution in [0.5, 0.6) is 0 Å². The molecule has 0 spiro atoms. The molecule has 0 aromatic rings. The SMILES string of the molecule is COCC1CCN(CCNCCCC(C)C)CC1. The van der Waals surface area contributed by atoms with Gasteiger partial charge in [0, 0.05) is 26.8 Å². The van der Waals surface area contributed by atoms with E-state index in [0.29, 0.717) is 0 Å². The van der Waals surface area contributed by atoms with Crippen LogP contribution in [0.15, 0.2) is 0 Å². The number of hydrogen-bond donors (Lipinski definition) is 1. The Morgan fingerprint density at radius 1 is 1.22 bits per heavy atom. The Morgan fingerprint density at radius 2 is 1.94 bits per heavy atom. The summed E-state index contributed by atoms with van der Waals surface area (Å²) in [5.74, 6) is 1.64. The molecule has 0 amide bonds. The van der Waals surface area contributed by atoms with E-state index in [-0.39, 0.29) is 0 Å². The predicted molar refractivity (Wildman–Crippen MR) is 78.0 cm³/mol. The maximum absolute atomic E-state index is 5.23. The highest BCUT2D eigenvalue weighted by Gasteiger charge is 2.18. The Bertz CT molecular complexity index is 189. The minimum absolute atomic E-state index is 0.797. The van der Waals surface area contributed by atoms with Gasteiger partial charge < -0.3 is 15.0 Å². The van der Waals surface area contributed by atoms with Gasteiger partial charge in [-0.05, 0) is 57.2 Å². The molecule has 108 valence electrons. The predicted octanol–water partition coefficient (Wildman–Crippen LogP) is 2.37. The highest BCUT2D eigenvalue weighted by atomic mass is 16.5. The molecule has 1 heterocycles. The third-order valence-corrected chi connectivity index (χ3v) is 3.85. The smallest absolute Gasteiger partial charge is 0.0491 e. The lowest BCUT2D eigenvalue weighted by Gasteiger charge is -2.31. The summed E-state index contributed by atoms with van der Waals surface area (Å²) in [5, 5.41) is 3.56. The number of rotatable bonds is 9. The van der Waals surface area contributed by atoms with E-state index in [1.54, 1.807) is 0 Å². The Labute approximate surface area is 113 Å². The first-order valence-corrected chi connectivity index (χ1v) is 7.64. The molecule has 0 atom stereocenters. The van der Waals surface area contributed by atoms with Crippen LogP contribution in [0.4, 0.5) is 0 Å². The maximum Gasteiger partial charge on any atom is 0.0491 e. The Kier molecular flexibility index (Phi) is 8.64. The molecule has 0 aliphatic carbocycles. The lowest BCUT2D eigenvalue weighted by Crippen LogP contribution is -2.39. The summed E-state index contributed by atoms with van der Waals surface area (Å²) in [5.41, 5.74) is 0. The molecular formula is C15H32N2O. The van der Waals surface area contributed by atoms with E-state index < -0.39 is 0 Å². The summed E-state index contributed by atoms with van der Waals surface area (Å²) in [6.07, 6.45) is 5.27. The summed E-state index contributed by atoms with van der Waals surface area (Å²) in [4.78, 5) is 2.58. The van der Waals surface area contributed by atoms with Crippen LogP contribution in [0.25, 0.3) is 0 Å². The fourth-order valence-electron chi connectivity index (χ4n) is 2.61. The van der Waals surface area contributed by atoms with Crippen molar-refractivity contribution in [3.63, 3.8) is 0 Å². The van der Waals surface area contributed by atoms with Gasteiger partial charge in [-0.2, -0.15) is 0 Å². The second-order valence-corrected chi connectivity index (χ2v) is 6.03. The van der Waals surface area contributed by atoms with E-state index in [1.165, 1.54) is 51.9 Å².